The van der Waals surface area contributed by atoms with Gasteiger partial charge in [0, 0.05) is 4.87 Å². The van der Waals surface area contributed by atoms with Gasteiger partial charge in [-0.2, -0.15) is 0 Å². The third-order valence-corrected chi connectivity index (χ3v) is 6.55. The number of amides is 1. The number of nitrogens with one attached hydrogen (secondary N) is 1. The Hall–Kier alpha value is -1.49. The quantitative estimate of drug-likeness (QED) is 0.639. The number of halogens is 1. The number of carbonyl (C=O) groups is 2. The molecule has 4 bridgehead atoms. The molecule has 4 fully saturated rings. The predicted octanol–water partition coefficient (Wildman–Crippen LogP) is 3.58. The second kappa shape index (κ2) is 6.04. The number of hydrogen-bond acceptors (Lipinski definition) is 4. The minimum absolute atomic E-state index is 0.237. The molecule has 2 unspecified atom stereocenters. The number of carbonyl (C=O) groups excluding carboxylic acids is 2. The summed E-state index contributed by atoms with van der Waals surface area (Å²) in [5.41, 5.74) is -0.473. The molecule has 1 aromatic rings. The van der Waals surface area contributed by atoms with Crippen LogP contribution in [0.25, 0.3) is 0 Å². The number of alkyl halides is 1. The summed E-state index contributed by atoms with van der Waals surface area (Å²) in [6.07, 6.45) is 7.19. The Balaban J connectivity index is 1.34. The first kappa shape index (κ1) is 17.0. The summed E-state index contributed by atoms with van der Waals surface area (Å²) in [4.78, 5) is 24.6. The molecule has 4 aliphatic carbocycles. The summed E-state index contributed by atoms with van der Waals surface area (Å²) in [5.74, 6) is 1.16. The van der Waals surface area contributed by atoms with E-state index in [1.807, 2.05) is 6.92 Å². The molecule has 5 atom stereocenters. The van der Waals surface area contributed by atoms with E-state index >= 15 is 0 Å². The van der Waals surface area contributed by atoms with E-state index in [0.717, 1.165) is 25.7 Å². The maximum Gasteiger partial charge on any atom is 0.312 e. The zero-order valence-electron chi connectivity index (χ0n) is 14.4. The lowest BCUT2D eigenvalue weighted by Crippen LogP contribution is -2.56. The highest BCUT2D eigenvalue weighted by molar-refractivity contribution is 6.24. The Morgan fingerprint density at radius 2 is 2.08 bits per heavy atom. The second-order valence-corrected chi connectivity index (χ2v) is 9.07. The van der Waals surface area contributed by atoms with Crippen LogP contribution in [-0.2, 0) is 14.3 Å². The Kier molecular flexibility index (Phi) is 4.10. The first-order chi connectivity index (χ1) is 11.9. The molecule has 0 radical (unpaired) electrons. The van der Waals surface area contributed by atoms with Crippen LogP contribution in [0.2, 0.25) is 0 Å². The third-order valence-electron chi connectivity index (χ3n) is 6.10. The Bertz CT molecular complexity index is 657. The van der Waals surface area contributed by atoms with Gasteiger partial charge in [0.05, 0.1) is 17.7 Å². The largest absolute Gasteiger partial charge is 0.467 e. The molecule has 0 aromatic carbocycles. The number of furan rings is 1. The van der Waals surface area contributed by atoms with E-state index in [4.69, 9.17) is 20.8 Å². The van der Waals surface area contributed by atoms with Crippen LogP contribution in [0.3, 0.4) is 0 Å². The molecule has 25 heavy (non-hydrogen) atoms. The molecule has 4 aliphatic rings. The summed E-state index contributed by atoms with van der Waals surface area (Å²) in [5, 5.41) is 2.78. The topological polar surface area (TPSA) is 68.5 Å². The standard InChI is InChI=1S/C19H24ClNO4/c1-12(15-3-2-4-24-15)21-16(22)10-25-17(23)18-6-13-5-14(7-18)9-19(20,8-13)11-18/h2-4,12-14H,5-11H2,1H3,(H,21,22)/t12-,13-,14+,18?,19?/m1/s1. The molecule has 0 saturated heterocycles. The van der Waals surface area contributed by atoms with Crippen LogP contribution in [0.1, 0.15) is 57.3 Å². The predicted molar refractivity (Wildman–Crippen MR) is 91.9 cm³/mol. The van der Waals surface area contributed by atoms with Gasteiger partial charge in [-0.15, -0.1) is 11.6 Å². The fraction of sp³-hybridized carbons (Fsp3) is 0.684. The summed E-state index contributed by atoms with van der Waals surface area (Å²) in [6, 6.07) is 3.31. The maximum atomic E-state index is 12.8. The first-order valence-electron chi connectivity index (χ1n) is 9.06. The van der Waals surface area contributed by atoms with E-state index in [1.165, 1.54) is 6.42 Å². The molecule has 1 aromatic heterocycles. The minimum atomic E-state index is -0.473. The van der Waals surface area contributed by atoms with Crippen molar-refractivity contribution >= 4 is 23.5 Å². The van der Waals surface area contributed by atoms with Gasteiger partial charge in [0.15, 0.2) is 6.61 Å². The van der Waals surface area contributed by atoms with Gasteiger partial charge in [0.1, 0.15) is 5.76 Å². The molecule has 1 N–H and O–H groups in total. The van der Waals surface area contributed by atoms with Crippen molar-refractivity contribution < 1.29 is 18.7 Å². The van der Waals surface area contributed by atoms with Crippen molar-refractivity contribution in [2.24, 2.45) is 17.3 Å². The molecule has 6 heteroatoms. The van der Waals surface area contributed by atoms with Crippen molar-refractivity contribution in [3.63, 3.8) is 0 Å². The molecular formula is C19H24ClNO4. The van der Waals surface area contributed by atoms with Gasteiger partial charge < -0.3 is 14.5 Å². The van der Waals surface area contributed by atoms with E-state index in [9.17, 15) is 9.59 Å². The van der Waals surface area contributed by atoms with Gasteiger partial charge in [-0.05, 0) is 69.4 Å². The van der Waals surface area contributed by atoms with E-state index in [2.05, 4.69) is 5.32 Å². The number of esters is 1. The SMILES string of the molecule is C[C@@H](NC(=O)COC(=O)C12C[C@@H]3C[C@@H](CC(Cl)(C3)C1)C2)c1ccco1. The Morgan fingerprint density at radius 3 is 2.68 bits per heavy atom. The molecule has 5 rings (SSSR count). The fourth-order valence-corrected chi connectivity index (χ4v) is 6.26. The normalized spacial score (nSPS) is 36.9. The van der Waals surface area contributed by atoms with Crippen LogP contribution in [0.4, 0.5) is 0 Å². The lowest BCUT2D eigenvalue weighted by Gasteiger charge is -2.58. The van der Waals surface area contributed by atoms with Crippen molar-refractivity contribution in [1.82, 2.24) is 5.32 Å². The molecule has 5 nitrogen and oxygen atoms in total. The van der Waals surface area contributed by atoms with Crippen molar-refractivity contribution in [1.29, 1.82) is 0 Å². The molecule has 0 spiro atoms. The van der Waals surface area contributed by atoms with Gasteiger partial charge in [0.2, 0.25) is 0 Å². The van der Waals surface area contributed by atoms with Crippen molar-refractivity contribution in [2.45, 2.75) is 56.4 Å². The average Bonchev–Trinajstić information content (AvgIpc) is 3.04. The molecule has 136 valence electrons. The van der Waals surface area contributed by atoms with E-state index in [-0.39, 0.29) is 29.4 Å². The fourth-order valence-electron chi connectivity index (χ4n) is 5.57. The number of rotatable bonds is 5. The summed E-state index contributed by atoms with van der Waals surface area (Å²) in [6.45, 7) is 1.57. The first-order valence-corrected chi connectivity index (χ1v) is 9.44. The van der Waals surface area contributed by atoms with Crippen LogP contribution in [0, 0.1) is 17.3 Å². The van der Waals surface area contributed by atoms with Crippen molar-refractivity contribution in [2.75, 3.05) is 6.61 Å². The van der Waals surface area contributed by atoms with Gasteiger partial charge >= 0.3 is 5.97 Å². The van der Waals surface area contributed by atoms with Crippen LogP contribution < -0.4 is 5.32 Å². The molecule has 1 heterocycles. The Morgan fingerprint density at radius 1 is 1.36 bits per heavy atom. The molecule has 0 aliphatic heterocycles. The lowest BCUT2D eigenvalue weighted by atomic mass is 9.49. The monoisotopic (exact) mass is 365 g/mol. The van der Waals surface area contributed by atoms with Crippen LogP contribution in [0.15, 0.2) is 22.8 Å². The number of hydrogen-bond donors (Lipinski definition) is 1. The highest BCUT2D eigenvalue weighted by Crippen LogP contribution is 2.64. The van der Waals surface area contributed by atoms with E-state index in [0.29, 0.717) is 24.0 Å². The highest BCUT2D eigenvalue weighted by atomic mass is 35.5. The summed E-state index contributed by atoms with van der Waals surface area (Å²) in [7, 11) is 0. The maximum absolute atomic E-state index is 12.8. The van der Waals surface area contributed by atoms with E-state index < -0.39 is 5.41 Å². The third kappa shape index (κ3) is 3.19. The van der Waals surface area contributed by atoms with Gasteiger partial charge in [-0.3, -0.25) is 9.59 Å². The zero-order chi connectivity index (χ0) is 17.7. The highest BCUT2D eigenvalue weighted by Gasteiger charge is 2.60. The summed E-state index contributed by atoms with van der Waals surface area (Å²) < 4.78 is 10.7. The Labute approximate surface area is 152 Å². The minimum Gasteiger partial charge on any atom is -0.467 e. The number of ether oxygens (including phenoxy) is 1. The van der Waals surface area contributed by atoms with E-state index in [1.54, 1.807) is 18.4 Å². The second-order valence-electron chi connectivity index (χ2n) is 8.27. The van der Waals surface area contributed by atoms with Crippen molar-refractivity contribution in [3.8, 4) is 0 Å². The zero-order valence-corrected chi connectivity index (χ0v) is 15.2. The average molecular weight is 366 g/mol. The van der Waals surface area contributed by atoms with Gasteiger partial charge in [-0.1, -0.05) is 0 Å². The smallest absolute Gasteiger partial charge is 0.312 e. The molecule has 4 saturated carbocycles. The van der Waals surface area contributed by atoms with Crippen molar-refractivity contribution in [3.05, 3.63) is 24.2 Å². The van der Waals surface area contributed by atoms with Gasteiger partial charge in [0.25, 0.3) is 5.91 Å². The summed E-state index contributed by atoms with van der Waals surface area (Å²) >= 11 is 6.76. The molecular weight excluding hydrogens is 342 g/mol. The van der Waals surface area contributed by atoms with Gasteiger partial charge in [-0.25, -0.2) is 0 Å². The van der Waals surface area contributed by atoms with Crippen LogP contribution in [-0.4, -0.2) is 23.4 Å². The van der Waals surface area contributed by atoms with Crippen LogP contribution >= 0.6 is 11.6 Å². The lowest BCUT2D eigenvalue weighted by molar-refractivity contribution is -0.171. The molecule has 1 amide bonds. The van der Waals surface area contributed by atoms with Crippen LogP contribution in [0.5, 0.6) is 0 Å².